The summed E-state index contributed by atoms with van der Waals surface area (Å²) in [5.41, 5.74) is 3.01. The number of imide groups is 1. The molecule has 0 aliphatic carbocycles. The monoisotopic (exact) mass is 314 g/mol. The fourth-order valence-electron chi connectivity index (χ4n) is 3.05. The van der Waals surface area contributed by atoms with Gasteiger partial charge in [0.1, 0.15) is 5.70 Å². The lowest BCUT2D eigenvalue weighted by molar-refractivity contribution is -0.137. The van der Waals surface area contributed by atoms with E-state index < -0.39 is 0 Å². The molecule has 2 aliphatic heterocycles. The molecule has 1 aromatic carbocycles. The molecule has 122 valence electrons. The minimum atomic E-state index is -0.179. The number of aryl methyl sites for hydroxylation is 1. The number of benzene rings is 1. The van der Waals surface area contributed by atoms with E-state index in [4.69, 9.17) is 4.74 Å². The van der Waals surface area contributed by atoms with E-state index in [0.29, 0.717) is 44.1 Å². The molecule has 0 spiro atoms. The first-order valence-electron chi connectivity index (χ1n) is 8.13. The third-order valence-electron chi connectivity index (χ3n) is 4.26. The van der Waals surface area contributed by atoms with Gasteiger partial charge in [0, 0.05) is 19.6 Å². The molecule has 0 unspecified atom stereocenters. The fourth-order valence-corrected chi connectivity index (χ4v) is 3.05. The highest BCUT2D eigenvalue weighted by molar-refractivity contribution is 6.35. The van der Waals surface area contributed by atoms with Gasteiger partial charge in [-0.25, -0.2) is 0 Å². The van der Waals surface area contributed by atoms with Gasteiger partial charge in [0.15, 0.2) is 0 Å². The molecule has 3 rings (SSSR count). The summed E-state index contributed by atoms with van der Waals surface area (Å²) in [5.74, 6) is -0.350. The van der Waals surface area contributed by atoms with Crippen molar-refractivity contribution in [3.05, 3.63) is 41.1 Å². The largest absolute Gasteiger partial charge is 0.378 e. The molecule has 1 fully saturated rings. The first-order valence-corrected chi connectivity index (χ1v) is 8.13. The molecule has 1 saturated heterocycles. The van der Waals surface area contributed by atoms with E-state index in [1.165, 1.54) is 4.90 Å². The Kier molecular flexibility index (Phi) is 4.48. The molecule has 23 heavy (non-hydrogen) atoms. The van der Waals surface area contributed by atoms with Crippen LogP contribution in [0, 0.1) is 6.92 Å². The Morgan fingerprint density at radius 2 is 1.70 bits per heavy atom. The number of hydrogen-bond acceptors (Lipinski definition) is 4. The van der Waals surface area contributed by atoms with Crippen LogP contribution < -0.4 is 0 Å². The van der Waals surface area contributed by atoms with Crippen molar-refractivity contribution in [1.82, 2.24) is 9.80 Å². The third-order valence-corrected chi connectivity index (χ3v) is 4.26. The average Bonchev–Trinajstić information content (AvgIpc) is 2.81. The summed E-state index contributed by atoms with van der Waals surface area (Å²) in [6.07, 6.45) is 0.759. The van der Waals surface area contributed by atoms with Crippen LogP contribution in [0.4, 0.5) is 0 Å². The standard InChI is InChI=1S/C18H22N2O3/c1-3-8-20-17(21)15(14-6-4-13(2)5-7-14)16(18(20)22)19-9-11-23-12-10-19/h4-7H,3,8-12H2,1-2H3. The molecule has 0 atom stereocenters. The number of morpholine rings is 1. The summed E-state index contributed by atoms with van der Waals surface area (Å²) in [5, 5.41) is 0. The Hall–Kier alpha value is -2.14. The van der Waals surface area contributed by atoms with Crippen LogP contribution in [0.3, 0.4) is 0 Å². The number of nitrogens with zero attached hydrogens (tertiary/aromatic N) is 2. The maximum Gasteiger partial charge on any atom is 0.277 e. The number of carbonyl (C=O) groups is 2. The van der Waals surface area contributed by atoms with Crippen LogP contribution in [-0.2, 0) is 14.3 Å². The van der Waals surface area contributed by atoms with Crippen molar-refractivity contribution >= 4 is 17.4 Å². The smallest absolute Gasteiger partial charge is 0.277 e. The van der Waals surface area contributed by atoms with Gasteiger partial charge in [0.25, 0.3) is 11.8 Å². The van der Waals surface area contributed by atoms with E-state index in [1.54, 1.807) is 0 Å². The van der Waals surface area contributed by atoms with Crippen molar-refractivity contribution in [1.29, 1.82) is 0 Å². The fraction of sp³-hybridized carbons (Fsp3) is 0.444. The van der Waals surface area contributed by atoms with Gasteiger partial charge >= 0.3 is 0 Å². The van der Waals surface area contributed by atoms with E-state index >= 15 is 0 Å². The van der Waals surface area contributed by atoms with Crippen molar-refractivity contribution in [2.24, 2.45) is 0 Å². The van der Waals surface area contributed by atoms with Crippen molar-refractivity contribution in [2.75, 3.05) is 32.8 Å². The van der Waals surface area contributed by atoms with Gasteiger partial charge in [-0.2, -0.15) is 0 Å². The van der Waals surface area contributed by atoms with Crippen molar-refractivity contribution in [3.8, 4) is 0 Å². The Morgan fingerprint density at radius 3 is 2.30 bits per heavy atom. The minimum Gasteiger partial charge on any atom is -0.378 e. The summed E-state index contributed by atoms with van der Waals surface area (Å²) in [4.78, 5) is 29.0. The Balaban J connectivity index is 2.06. The van der Waals surface area contributed by atoms with Crippen molar-refractivity contribution in [3.63, 3.8) is 0 Å². The second kappa shape index (κ2) is 6.54. The molecule has 0 aromatic heterocycles. The highest BCUT2D eigenvalue weighted by Crippen LogP contribution is 2.32. The zero-order chi connectivity index (χ0) is 16.4. The molecule has 2 amide bonds. The predicted octanol–water partition coefficient (Wildman–Crippen LogP) is 1.82. The summed E-state index contributed by atoms with van der Waals surface area (Å²) in [6, 6.07) is 7.79. The number of carbonyl (C=O) groups excluding carboxylic acids is 2. The number of hydrogen-bond donors (Lipinski definition) is 0. The first kappa shape index (κ1) is 15.7. The van der Waals surface area contributed by atoms with E-state index in [9.17, 15) is 9.59 Å². The van der Waals surface area contributed by atoms with Gasteiger partial charge in [-0.05, 0) is 18.9 Å². The SMILES string of the molecule is CCCN1C(=O)C(c2ccc(C)cc2)=C(N2CCOCC2)C1=O. The Bertz CT molecular complexity index is 643. The predicted molar refractivity (Wildman–Crippen MR) is 87.5 cm³/mol. The van der Waals surface area contributed by atoms with Gasteiger partial charge in [-0.3, -0.25) is 14.5 Å². The molecule has 0 radical (unpaired) electrons. The number of rotatable bonds is 4. The zero-order valence-corrected chi connectivity index (χ0v) is 13.7. The minimum absolute atomic E-state index is 0.172. The topological polar surface area (TPSA) is 49.9 Å². The van der Waals surface area contributed by atoms with Crippen LogP contribution in [0.1, 0.15) is 24.5 Å². The van der Waals surface area contributed by atoms with E-state index in [2.05, 4.69) is 0 Å². The molecular formula is C18H22N2O3. The van der Waals surface area contributed by atoms with Crippen LogP contribution >= 0.6 is 0 Å². The zero-order valence-electron chi connectivity index (χ0n) is 13.7. The number of amides is 2. The first-order chi connectivity index (χ1) is 11.1. The maximum absolute atomic E-state index is 12.8. The quantitative estimate of drug-likeness (QED) is 0.796. The highest BCUT2D eigenvalue weighted by atomic mass is 16.5. The third kappa shape index (κ3) is 2.88. The summed E-state index contributed by atoms with van der Waals surface area (Å²) < 4.78 is 5.38. The molecule has 2 heterocycles. The van der Waals surface area contributed by atoms with Crippen LogP contribution in [0.15, 0.2) is 30.0 Å². The normalized spacial score (nSPS) is 19.0. The lowest BCUT2D eigenvalue weighted by atomic mass is 10.0. The highest BCUT2D eigenvalue weighted by Gasteiger charge is 2.41. The van der Waals surface area contributed by atoms with Crippen molar-refractivity contribution in [2.45, 2.75) is 20.3 Å². The van der Waals surface area contributed by atoms with Crippen molar-refractivity contribution < 1.29 is 14.3 Å². The molecular weight excluding hydrogens is 292 g/mol. The molecule has 5 nitrogen and oxygen atoms in total. The number of ether oxygens (including phenoxy) is 1. The van der Waals surface area contributed by atoms with E-state index in [-0.39, 0.29) is 11.8 Å². The molecule has 0 bridgehead atoms. The molecule has 5 heteroatoms. The van der Waals surface area contributed by atoms with E-state index in [1.807, 2.05) is 43.0 Å². The molecule has 0 N–H and O–H groups in total. The summed E-state index contributed by atoms with van der Waals surface area (Å²) in [7, 11) is 0. The van der Waals surface area contributed by atoms with E-state index in [0.717, 1.165) is 17.5 Å². The van der Waals surface area contributed by atoms with Gasteiger partial charge in [-0.1, -0.05) is 36.8 Å². The lowest BCUT2D eigenvalue weighted by Crippen LogP contribution is -2.40. The van der Waals surface area contributed by atoms with Gasteiger partial charge < -0.3 is 9.64 Å². The van der Waals surface area contributed by atoms with Crippen LogP contribution in [0.5, 0.6) is 0 Å². The average molecular weight is 314 g/mol. The maximum atomic E-state index is 12.8. The Labute approximate surface area is 136 Å². The second-order valence-electron chi connectivity index (χ2n) is 5.95. The van der Waals surface area contributed by atoms with Crippen LogP contribution in [-0.4, -0.2) is 54.5 Å². The molecule has 0 saturated carbocycles. The second-order valence-corrected chi connectivity index (χ2v) is 5.95. The molecule has 1 aromatic rings. The van der Waals surface area contributed by atoms with Crippen LogP contribution in [0.25, 0.3) is 5.57 Å². The summed E-state index contributed by atoms with van der Waals surface area (Å²) >= 11 is 0. The van der Waals surface area contributed by atoms with Gasteiger partial charge in [0.05, 0.1) is 18.8 Å². The van der Waals surface area contributed by atoms with Crippen LogP contribution in [0.2, 0.25) is 0 Å². The lowest BCUT2D eigenvalue weighted by Gasteiger charge is -2.29. The molecule has 2 aliphatic rings. The van der Waals surface area contributed by atoms with Gasteiger partial charge in [0.2, 0.25) is 0 Å². The van der Waals surface area contributed by atoms with Gasteiger partial charge in [-0.15, -0.1) is 0 Å². The summed E-state index contributed by atoms with van der Waals surface area (Å²) in [6.45, 7) is 6.89. The Morgan fingerprint density at radius 1 is 1.04 bits per heavy atom.